The molecule has 0 heterocycles. The van der Waals surface area contributed by atoms with E-state index in [1.165, 1.54) is 23.9 Å². The largest absolute Gasteiger partial charge is 0.426 e. The fourth-order valence-electron chi connectivity index (χ4n) is 2.29. The molecule has 0 aliphatic heterocycles. The van der Waals surface area contributed by atoms with E-state index in [4.69, 9.17) is 10.00 Å². The first kappa shape index (κ1) is 17.7. The average Bonchev–Trinajstić information content (AvgIpc) is 2.68. The van der Waals surface area contributed by atoms with Gasteiger partial charge in [-0.3, -0.25) is 4.79 Å². The predicted octanol–water partition coefficient (Wildman–Crippen LogP) is 5.06. The molecule has 0 amide bonds. The highest BCUT2D eigenvalue weighted by atomic mass is 32.2. The van der Waals surface area contributed by atoms with Crippen molar-refractivity contribution in [3.8, 4) is 22.9 Å². The minimum absolute atomic E-state index is 0.142. The highest BCUT2D eigenvalue weighted by Crippen LogP contribution is 2.24. The smallest absolute Gasteiger partial charge is 0.321 e. The molecule has 0 saturated carbocycles. The van der Waals surface area contributed by atoms with Gasteiger partial charge in [0, 0.05) is 4.90 Å². The number of carbonyl (C=O) groups is 1. The fraction of sp³-hybridized carbons (Fsp3) is 0.0476. The van der Waals surface area contributed by atoms with Gasteiger partial charge in [0.15, 0.2) is 0 Å². The summed E-state index contributed by atoms with van der Waals surface area (Å²) in [4.78, 5) is 12.7. The lowest BCUT2D eigenvalue weighted by atomic mass is 10.0. The molecule has 128 valence electrons. The van der Waals surface area contributed by atoms with Crippen LogP contribution in [-0.2, 0) is 4.79 Å². The monoisotopic (exact) mass is 363 g/mol. The van der Waals surface area contributed by atoms with Gasteiger partial charge in [0.05, 0.1) is 17.4 Å². The Bertz CT molecular complexity index is 930. The summed E-state index contributed by atoms with van der Waals surface area (Å²) in [5.74, 6) is -0.0694. The molecule has 3 aromatic carbocycles. The van der Waals surface area contributed by atoms with Crippen LogP contribution >= 0.6 is 11.8 Å². The number of halogens is 1. The molecule has 0 saturated heterocycles. The zero-order chi connectivity index (χ0) is 18.4. The van der Waals surface area contributed by atoms with Crippen LogP contribution in [0.2, 0.25) is 0 Å². The number of rotatable bonds is 5. The van der Waals surface area contributed by atoms with Crippen LogP contribution in [0.5, 0.6) is 5.75 Å². The summed E-state index contributed by atoms with van der Waals surface area (Å²) in [7, 11) is 0. The van der Waals surface area contributed by atoms with Gasteiger partial charge in [-0.2, -0.15) is 5.26 Å². The van der Waals surface area contributed by atoms with Crippen molar-refractivity contribution in [2.75, 3.05) is 5.75 Å². The Morgan fingerprint density at radius 3 is 2.08 bits per heavy atom. The molecule has 0 N–H and O–H groups in total. The molecular formula is C21H14FNO2S. The molecule has 0 spiro atoms. The minimum atomic E-state index is -0.370. The van der Waals surface area contributed by atoms with E-state index in [1.807, 2.05) is 24.3 Å². The van der Waals surface area contributed by atoms with E-state index in [1.54, 1.807) is 36.4 Å². The van der Waals surface area contributed by atoms with Crippen molar-refractivity contribution in [3.05, 3.63) is 84.2 Å². The predicted molar refractivity (Wildman–Crippen MR) is 99.4 cm³/mol. The van der Waals surface area contributed by atoms with Gasteiger partial charge in [0.2, 0.25) is 0 Å². The van der Waals surface area contributed by atoms with Gasteiger partial charge >= 0.3 is 5.97 Å². The van der Waals surface area contributed by atoms with Crippen LogP contribution in [0.1, 0.15) is 5.56 Å². The van der Waals surface area contributed by atoms with Gasteiger partial charge in [-0.1, -0.05) is 24.3 Å². The van der Waals surface area contributed by atoms with E-state index in [0.29, 0.717) is 11.3 Å². The minimum Gasteiger partial charge on any atom is -0.426 e. The summed E-state index contributed by atoms with van der Waals surface area (Å²) in [6.45, 7) is 0. The van der Waals surface area contributed by atoms with Crippen LogP contribution in [-0.4, -0.2) is 11.7 Å². The standard InChI is InChI=1S/C21H14FNO2S/c22-18-7-11-20(12-8-18)26-14-21(24)25-19-9-5-17(6-10-19)16-3-1-15(13-23)2-4-16/h1-12H,14H2. The average molecular weight is 363 g/mol. The second kappa shape index (κ2) is 8.32. The molecule has 0 bridgehead atoms. The van der Waals surface area contributed by atoms with Gasteiger partial charge < -0.3 is 4.74 Å². The normalized spacial score (nSPS) is 10.2. The Kier molecular flexibility index (Phi) is 5.67. The number of thioether (sulfide) groups is 1. The molecule has 0 atom stereocenters. The van der Waals surface area contributed by atoms with Crippen molar-refractivity contribution < 1.29 is 13.9 Å². The molecular weight excluding hydrogens is 349 g/mol. The first-order valence-corrected chi connectivity index (χ1v) is 8.82. The first-order valence-electron chi connectivity index (χ1n) is 7.84. The summed E-state index contributed by atoms with van der Waals surface area (Å²) in [6, 6.07) is 22.5. The van der Waals surface area contributed by atoms with E-state index in [-0.39, 0.29) is 17.5 Å². The maximum Gasteiger partial charge on any atom is 0.321 e. The molecule has 0 fully saturated rings. The van der Waals surface area contributed by atoms with E-state index in [0.717, 1.165) is 16.0 Å². The van der Waals surface area contributed by atoms with Gasteiger partial charge in [-0.05, 0) is 59.7 Å². The molecule has 0 unspecified atom stereocenters. The fourth-order valence-corrected chi connectivity index (χ4v) is 2.96. The number of carbonyl (C=O) groups excluding carboxylic acids is 1. The maximum atomic E-state index is 12.9. The molecule has 0 aromatic heterocycles. The highest BCUT2D eigenvalue weighted by molar-refractivity contribution is 8.00. The molecule has 3 rings (SSSR count). The van der Waals surface area contributed by atoms with Crippen molar-refractivity contribution in [1.82, 2.24) is 0 Å². The van der Waals surface area contributed by atoms with E-state index >= 15 is 0 Å². The van der Waals surface area contributed by atoms with Crippen molar-refractivity contribution in [1.29, 1.82) is 5.26 Å². The van der Waals surface area contributed by atoms with Crippen LogP contribution in [0.25, 0.3) is 11.1 Å². The van der Waals surface area contributed by atoms with Crippen molar-refractivity contribution in [2.45, 2.75) is 4.90 Å². The van der Waals surface area contributed by atoms with Gasteiger partial charge in [-0.15, -0.1) is 11.8 Å². The lowest BCUT2D eigenvalue weighted by Gasteiger charge is -2.06. The zero-order valence-corrected chi connectivity index (χ0v) is 14.5. The number of nitrogens with zero attached hydrogens (tertiary/aromatic N) is 1. The lowest BCUT2D eigenvalue weighted by Crippen LogP contribution is -2.10. The molecule has 0 radical (unpaired) electrons. The van der Waals surface area contributed by atoms with Gasteiger partial charge in [0.1, 0.15) is 11.6 Å². The summed E-state index contributed by atoms with van der Waals surface area (Å²) in [5.41, 5.74) is 2.56. The Balaban J connectivity index is 1.57. The number of esters is 1. The van der Waals surface area contributed by atoms with E-state index in [2.05, 4.69) is 6.07 Å². The van der Waals surface area contributed by atoms with Crippen LogP contribution < -0.4 is 4.74 Å². The molecule has 3 aromatic rings. The summed E-state index contributed by atoms with van der Waals surface area (Å²) < 4.78 is 18.2. The summed E-state index contributed by atoms with van der Waals surface area (Å²) in [5, 5.41) is 8.83. The van der Waals surface area contributed by atoms with Crippen molar-refractivity contribution in [3.63, 3.8) is 0 Å². The third-order valence-corrected chi connectivity index (χ3v) is 4.59. The Hall–Kier alpha value is -3.10. The number of nitriles is 1. The second-order valence-corrected chi connectivity index (χ2v) is 6.48. The van der Waals surface area contributed by atoms with Crippen molar-refractivity contribution in [2.24, 2.45) is 0 Å². The SMILES string of the molecule is N#Cc1ccc(-c2ccc(OC(=O)CSc3ccc(F)cc3)cc2)cc1. The van der Waals surface area contributed by atoms with Gasteiger partial charge in [-0.25, -0.2) is 4.39 Å². The van der Waals surface area contributed by atoms with Gasteiger partial charge in [0.25, 0.3) is 0 Å². The van der Waals surface area contributed by atoms with E-state index < -0.39 is 0 Å². The molecule has 3 nitrogen and oxygen atoms in total. The molecule has 5 heteroatoms. The summed E-state index contributed by atoms with van der Waals surface area (Å²) >= 11 is 1.29. The third kappa shape index (κ3) is 4.71. The summed E-state index contributed by atoms with van der Waals surface area (Å²) in [6.07, 6.45) is 0. The molecule has 0 aliphatic rings. The molecule has 26 heavy (non-hydrogen) atoms. The number of hydrogen-bond acceptors (Lipinski definition) is 4. The van der Waals surface area contributed by atoms with Crippen molar-refractivity contribution >= 4 is 17.7 Å². The third-order valence-electron chi connectivity index (χ3n) is 3.60. The molecule has 0 aliphatic carbocycles. The highest BCUT2D eigenvalue weighted by Gasteiger charge is 2.07. The first-order chi connectivity index (χ1) is 12.6. The Labute approximate surface area is 155 Å². The number of ether oxygens (including phenoxy) is 1. The lowest BCUT2D eigenvalue weighted by molar-refractivity contribution is -0.131. The second-order valence-electron chi connectivity index (χ2n) is 5.43. The van der Waals surface area contributed by atoms with Crippen LogP contribution in [0.15, 0.2) is 77.7 Å². The topological polar surface area (TPSA) is 50.1 Å². The van der Waals surface area contributed by atoms with Crippen LogP contribution in [0.4, 0.5) is 4.39 Å². The number of benzene rings is 3. The van der Waals surface area contributed by atoms with E-state index in [9.17, 15) is 9.18 Å². The van der Waals surface area contributed by atoms with Crippen LogP contribution in [0, 0.1) is 17.1 Å². The quantitative estimate of drug-likeness (QED) is 0.361. The Morgan fingerprint density at radius 2 is 1.50 bits per heavy atom. The number of hydrogen-bond donors (Lipinski definition) is 0. The Morgan fingerprint density at radius 1 is 0.923 bits per heavy atom. The zero-order valence-electron chi connectivity index (χ0n) is 13.7. The van der Waals surface area contributed by atoms with Crippen LogP contribution in [0.3, 0.4) is 0 Å². The maximum absolute atomic E-state index is 12.9.